The Morgan fingerprint density at radius 1 is 1.60 bits per heavy atom. The molecule has 1 aliphatic rings. The predicted molar refractivity (Wildman–Crippen MR) is 41.9 cm³/mol. The maximum Gasteiger partial charge on any atom is 0.112 e. The van der Waals surface area contributed by atoms with Crippen LogP contribution in [-0.4, -0.2) is 29.7 Å². The summed E-state index contributed by atoms with van der Waals surface area (Å²) >= 11 is 0. The maximum absolute atomic E-state index is 3.93. The summed E-state index contributed by atoms with van der Waals surface area (Å²) in [6.45, 7) is 9.13. The van der Waals surface area contributed by atoms with E-state index in [0.717, 1.165) is 12.5 Å². The Morgan fingerprint density at radius 3 is 2.40 bits per heavy atom. The molecule has 1 rings (SSSR count). The molecule has 58 valence electrons. The molecule has 0 radical (unpaired) electrons. The van der Waals surface area contributed by atoms with Gasteiger partial charge in [0, 0.05) is 13.1 Å². The third kappa shape index (κ3) is 1.09. The molecule has 0 bridgehead atoms. The first-order valence-electron chi connectivity index (χ1n) is 3.55. The van der Waals surface area contributed by atoms with E-state index in [-0.39, 0.29) is 0 Å². The molecule has 0 unspecified atom stereocenters. The van der Waals surface area contributed by atoms with Crippen LogP contribution in [0.1, 0.15) is 13.8 Å². The smallest absolute Gasteiger partial charge is 0.112 e. The lowest BCUT2D eigenvalue weighted by Crippen LogP contribution is -2.27. The van der Waals surface area contributed by atoms with Crippen LogP contribution < -0.4 is 5.43 Å². The molecule has 0 aromatic carbocycles. The standard InChI is InChI=1S/C7H15N3/c1-6(2)10-5-8-9(4)7(10)3/h6,8H,3,5H2,1-2,4H3. The van der Waals surface area contributed by atoms with Gasteiger partial charge in [-0.3, -0.25) is 5.01 Å². The largest absolute Gasteiger partial charge is 0.341 e. The van der Waals surface area contributed by atoms with Crippen molar-refractivity contribution in [2.24, 2.45) is 0 Å². The van der Waals surface area contributed by atoms with E-state index in [1.54, 1.807) is 0 Å². The van der Waals surface area contributed by atoms with Crippen LogP contribution in [0.2, 0.25) is 0 Å². The van der Waals surface area contributed by atoms with Crippen LogP contribution in [0.25, 0.3) is 0 Å². The first-order valence-corrected chi connectivity index (χ1v) is 3.55. The van der Waals surface area contributed by atoms with Crippen LogP contribution in [0.5, 0.6) is 0 Å². The molecule has 3 nitrogen and oxygen atoms in total. The van der Waals surface area contributed by atoms with Crippen molar-refractivity contribution in [3.8, 4) is 0 Å². The van der Waals surface area contributed by atoms with Crippen molar-refractivity contribution in [3.05, 3.63) is 12.4 Å². The third-order valence-electron chi connectivity index (χ3n) is 1.82. The maximum atomic E-state index is 3.93. The Balaban J connectivity index is 2.57. The van der Waals surface area contributed by atoms with Gasteiger partial charge in [0.2, 0.25) is 0 Å². The molecule has 0 spiro atoms. The van der Waals surface area contributed by atoms with Gasteiger partial charge < -0.3 is 4.90 Å². The SMILES string of the molecule is C=C1N(C)NCN1C(C)C. The Hall–Kier alpha value is -0.700. The van der Waals surface area contributed by atoms with Gasteiger partial charge in [0.1, 0.15) is 5.82 Å². The number of hydrogen-bond donors (Lipinski definition) is 1. The van der Waals surface area contributed by atoms with Crippen molar-refractivity contribution in [2.75, 3.05) is 13.7 Å². The number of hydrazine groups is 1. The summed E-state index contributed by atoms with van der Waals surface area (Å²) in [4.78, 5) is 2.21. The van der Waals surface area contributed by atoms with Crippen LogP contribution in [0.3, 0.4) is 0 Å². The molecule has 0 saturated carbocycles. The molecule has 1 heterocycles. The molecule has 0 aromatic rings. The first kappa shape index (κ1) is 7.41. The fraction of sp³-hybridized carbons (Fsp3) is 0.714. The van der Waals surface area contributed by atoms with Crippen molar-refractivity contribution in [2.45, 2.75) is 19.9 Å². The lowest BCUT2D eigenvalue weighted by atomic mass is 10.3. The quantitative estimate of drug-likeness (QED) is 0.576. The zero-order valence-corrected chi connectivity index (χ0v) is 6.89. The Labute approximate surface area is 62.3 Å². The van der Waals surface area contributed by atoms with E-state index in [0.29, 0.717) is 6.04 Å². The Bertz CT molecular complexity index is 142. The summed E-state index contributed by atoms with van der Waals surface area (Å²) in [6, 6.07) is 0.532. The molecular formula is C7H15N3. The average molecular weight is 141 g/mol. The van der Waals surface area contributed by atoms with Crippen LogP contribution in [0.15, 0.2) is 12.4 Å². The normalized spacial score (nSPS) is 19.4. The van der Waals surface area contributed by atoms with Gasteiger partial charge >= 0.3 is 0 Å². The molecule has 1 fully saturated rings. The molecule has 0 aromatic heterocycles. The number of hydrogen-bond acceptors (Lipinski definition) is 3. The van der Waals surface area contributed by atoms with E-state index < -0.39 is 0 Å². The van der Waals surface area contributed by atoms with Gasteiger partial charge in [-0.25, -0.2) is 5.43 Å². The van der Waals surface area contributed by atoms with E-state index >= 15 is 0 Å². The lowest BCUT2D eigenvalue weighted by Gasteiger charge is -2.22. The van der Waals surface area contributed by atoms with Gasteiger partial charge in [-0.2, -0.15) is 0 Å². The molecule has 1 saturated heterocycles. The average Bonchev–Trinajstić information content (AvgIpc) is 2.14. The van der Waals surface area contributed by atoms with Crippen LogP contribution in [0.4, 0.5) is 0 Å². The van der Waals surface area contributed by atoms with Gasteiger partial charge in [-0.15, -0.1) is 0 Å². The van der Waals surface area contributed by atoms with E-state index in [4.69, 9.17) is 0 Å². The second kappa shape index (κ2) is 2.50. The van der Waals surface area contributed by atoms with Crippen LogP contribution >= 0.6 is 0 Å². The van der Waals surface area contributed by atoms with Gasteiger partial charge in [0.25, 0.3) is 0 Å². The van der Waals surface area contributed by atoms with Crippen molar-refractivity contribution >= 4 is 0 Å². The molecule has 1 N–H and O–H groups in total. The van der Waals surface area contributed by atoms with E-state index in [9.17, 15) is 0 Å². The minimum Gasteiger partial charge on any atom is -0.341 e. The third-order valence-corrected chi connectivity index (χ3v) is 1.82. The van der Waals surface area contributed by atoms with E-state index in [1.807, 2.05) is 12.1 Å². The fourth-order valence-corrected chi connectivity index (χ4v) is 1.04. The monoisotopic (exact) mass is 141 g/mol. The van der Waals surface area contributed by atoms with E-state index in [1.165, 1.54) is 0 Å². The van der Waals surface area contributed by atoms with Crippen molar-refractivity contribution in [3.63, 3.8) is 0 Å². The van der Waals surface area contributed by atoms with Crippen molar-refractivity contribution < 1.29 is 0 Å². The summed E-state index contributed by atoms with van der Waals surface area (Å²) in [6.07, 6.45) is 0. The molecular weight excluding hydrogens is 126 g/mol. The molecule has 3 heteroatoms. The highest BCUT2D eigenvalue weighted by Gasteiger charge is 2.20. The summed E-state index contributed by atoms with van der Waals surface area (Å²) in [5.41, 5.74) is 3.16. The number of nitrogens with one attached hydrogen (secondary N) is 1. The van der Waals surface area contributed by atoms with Crippen molar-refractivity contribution in [1.29, 1.82) is 0 Å². The van der Waals surface area contributed by atoms with Crippen molar-refractivity contribution in [1.82, 2.24) is 15.3 Å². The second-order valence-electron chi connectivity index (χ2n) is 2.86. The number of nitrogens with zero attached hydrogens (tertiary/aromatic N) is 2. The highest BCUT2D eigenvalue weighted by Crippen LogP contribution is 2.12. The molecule has 0 aliphatic carbocycles. The van der Waals surface area contributed by atoms with Gasteiger partial charge in [-0.1, -0.05) is 6.58 Å². The minimum absolute atomic E-state index is 0.532. The zero-order valence-electron chi connectivity index (χ0n) is 6.89. The minimum atomic E-state index is 0.532. The second-order valence-corrected chi connectivity index (χ2v) is 2.86. The topological polar surface area (TPSA) is 18.5 Å². The Kier molecular flexibility index (Phi) is 1.85. The van der Waals surface area contributed by atoms with Crippen LogP contribution in [0, 0.1) is 0 Å². The summed E-state index contributed by atoms with van der Waals surface area (Å²) in [5, 5.41) is 1.94. The zero-order chi connectivity index (χ0) is 7.72. The molecule has 0 atom stereocenters. The van der Waals surface area contributed by atoms with Gasteiger partial charge in [0.05, 0.1) is 6.67 Å². The highest BCUT2D eigenvalue weighted by molar-refractivity contribution is 4.96. The molecule has 10 heavy (non-hydrogen) atoms. The predicted octanol–water partition coefficient (Wildman–Crippen LogP) is 0.575. The molecule has 1 aliphatic heterocycles. The number of rotatable bonds is 1. The van der Waals surface area contributed by atoms with Crippen LogP contribution in [-0.2, 0) is 0 Å². The summed E-state index contributed by atoms with van der Waals surface area (Å²) in [7, 11) is 1.98. The lowest BCUT2D eigenvalue weighted by molar-refractivity contribution is 0.308. The van der Waals surface area contributed by atoms with Gasteiger partial charge in [-0.05, 0) is 13.8 Å². The molecule has 0 amide bonds. The van der Waals surface area contributed by atoms with E-state index in [2.05, 4.69) is 30.8 Å². The summed E-state index contributed by atoms with van der Waals surface area (Å²) in [5.74, 6) is 1.05. The highest BCUT2D eigenvalue weighted by atomic mass is 15.6. The summed E-state index contributed by atoms with van der Waals surface area (Å²) < 4.78 is 0. The Morgan fingerprint density at radius 2 is 2.20 bits per heavy atom. The first-order chi connectivity index (χ1) is 4.63. The fourth-order valence-electron chi connectivity index (χ4n) is 1.04. The van der Waals surface area contributed by atoms with Gasteiger partial charge in [0.15, 0.2) is 0 Å².